The molecule has 3 heteroatoms. The van der Waals surface area contributed by atoms with Crippen molar-refractivity contribution in [3.05, 3.63) is 0 Å². The molecule has 1 rings (SSSR count). The Morgan fingerprint density at radius 2 is 1.92 bits per heavy atom. The Bertz CT molecular complexity index is 119. The number of piperazine rings is 1. The molecule has 3 nitrogen and oxygen atoms in total. The zero-order chi connectivity index (χ0) is 8.97. The van der Waals surface area contributed by atoms with Crippen LogP contribution in [0, 0.1) is 0 Å². The summed E-state index contributed by atoms with van der Waals surface area (Å²) in [4.78, 5) is 4.81. The van der Waals surface area contributed by atoms with E-state index in [1.807, 2.05) is 0 Å². The van der Waals surface area contributed by atoms with Crippen molar-refractivity contribution in [3.63, 3.8) is 0 Å². The third-order valence-electron chi connectivity index (χ3n) is 2.40. The minimum Gasteiger partial charge on any atom is -0.314 e. The van der Waals surface area contributed by atoms with Crippen molar-refractivity contribution in [1.29, 1.82) is 0 Å². The van der Waals surface area contributed by atoms with Gasteiger partial charge in [0.15, 0.2) is 0 Å². The fourth-order valence-corrected chi connectivity index (χ4v) is 1.77. The summed E-state index contributed by atoms with van der Waals surface area (Å²) in [6.07, 6.45) is 0. The van der Waals surface area contributed by atoms with Crippen LogP contribution in [0.2, 0.25) is 0 Å². The molecule has 0 aromatic carbocycles. The van der Waals surface area contributed by atoms with Crippen LogP contribution >= 0.6 is 0 Å². The quantitative estimate of drug-likeness (QED) is 0.637. The van der Waals surface area contributed by atoms with E-state index in [-0.39, 0.29) is 0 Å². The second-order valence-corrected chi connectivity index (χ2v) is 3.90. The van der Waals surface area contributed by atoms with Crippen LogP contribution in [0.4, 0.5) is 0 Å². The van der Waals surface area contributed by atoms with Crippen LogP contribution < -0.4 is 5.32 Å². The molecule has 1 heterocycles. The molecule has 1 aliphatic heterocycles. The number of nitrogens with one attached hydrogen (secondary N) is 1. The van der Waals surface area contributed by atoms with Crippen molar-refractivity contribution < 1.29 is 0 Å². The Hall–Kier alpha value is -0.120. The Morgan fingerprint density at radius 1 is 1.33 bits per heavy atom. The first kappa shape index (κ1) is 9.96. The van der Waals surface area contributed by atoms with Crippen LogP contribution in [-0.4, -0.2) is 62.7 Å². The van der Waals surface area contributed by atoms with Crippen molar-refractivity contribution in [3.8, 4) is 0 Å². The fourth-order valence-electron chi connectivity index (χ4n) is 1.77. The van der Waals surface area contributed by atoms with Gasteiger partial charge >= 0.3 is 0 Å². The molecule has 0 aromatic heterocycles. The first-order valence-electron chi connectivity index (χ1n) is 4.79. The molecule has 0 saturated carbocycles. The lowest BCUT2D eigenvalue weighted by Crippen LogP contribution is -2.50. The van der Waals surface area contributed by atoms with Gasteiger partial charge in [0.2, 0.25) is 0 Å². The monoisotopic (exact) mass is 171 g/mol. The third kappa shape index (κ3) is 3.09. The smallest absolute Gasteiger partial charge is 0.0195 e. The number of hydrogen-bond acceptors (Lipinski definition) is 3. The molecule has 12 heavy (non-hydrogen) atoms. The summed E-state index contributed by atoms with van der Waals surface area (Å²) in [6.45, 7) is 8.19. The molecule has 1 saturated heterocycles. The molecular weight excluding hydrogens is 150 g/mol. The normalized spacial score (nSPS) is 23.0. The van der Waals surface area contributed by atoms with Gasteiger partial charge in [0.05, 0.1) is 0 Å². The van der Waals surface area contributed by atoms with Gasteiger partial charge in [-0.2, -0.15) is 0 Å². The Kier molecular flexibility index (Phi) is 3.98. The molecule has 1 atom stereocenters. The highest BCUT2D eigenvalue weighted by molar-refractivity contribution is 4.74. The maximum atomic E-state index is 3.37. The number of rotatable bonds is 3. The van der Waals surface area contributed by atoms with E-state index < -0.39 is 0 Å². The van der Waals surface area contributed by atoms with Crippen LogP contribution in [0.25, 0.3) is 0 Å². The van der Waals surface area contributed by atoms with Gasteiger partial charge in [0.25, 0.3) is 0 Å². The number of nitrogens with zero attached hydrogens (tertiary/aromatic N) is 2. The molecule has 0 aromatic rings. The predicted octanol–water partition coefficient (Wildman–Crippen LogP) is -0.158. The maximum absolute atomic E-state index is 3.37. The van der Waals surface area contributed by atoms with Gasteiger partial charge < -0.3 is 10.2 Å². The van der Waals surface area contributed by atoms with Crippen LogP contribution in [-0.2, 0) is 0 Å². The third-order valence-corrected chi connectivity index (χ3v) is 2.40. The lowest BCUT2D eigenvalue weighted by Gasteiger charge is -2.34. The van der Waals surface area contributed by atoms with Gasteiger partial charge in [-0.05, 0) is 21.0 Å². The van der Waals surface area contributed by atoms with Crippen molar-refractivity contribution in [1.82, 2.24) is 15.1 Å². The molecule has 0 bridgehead atoms. The van der Waals surface area contributed by atoms with E-state index in [9.17, 15) is 0 Å². The zero-order valence-electron chi connectivity index (χ0n) is 8.51. The summed E-state index contributed by atoms with van der Waals surface area (Å²) in [6, 6.07) is 0.696. The largest absolute Gasteiger partial charge is 0.314 e. The molecule has 72 valence electrons. The van der Waals surface area contributed by atoms with E-state index in [0.717, 1.165) is 13.1 Å². The molecule has 0 spiro atoms. The molecule has 0 unspecified atom stereocenters. The van der Waals surface area contributed by atoms with Gasteiger partial charge in [-0.15, -0.1) is 0 Å². The Labute approximate surface area is 75.7 Å². The highest BCUT2D eigenvalue weighted by atomic mass is 15.2. The first-order chi connectivity index (χ1) is 5.70. The average Bonchev–Trinajstić information content (AvgIpc) is 2.05. The molecule has 0 radical (unpaired) electrons. The van der Waals surface area contributed by atoms with Crippen molar-refractivity contribution in [2.45, 2.75) is 13.0 Å². The molecule has 1 aliphatic rings. The summed E-state index contributed by atoms with van der Waals surface area (Å²) in [5.74, 6) is 0. The van der Waals surface area contributed by atoms with Gasteiger partial charge in [0.1, 0.15) is 0 Å². The van der Waals surface area contributed by atoms with Crippen LogP contribution in [0.15, 0.2) is 0 Å². The molecule has 0 amide bonds. The van der Waals surface area contributed by atoms with Crippen molar-refractivity contribution >= 4 is 0 Å². The minimum atomic E-state index is 0.696. The highest BCUT2D eigenvalue weighted by Gasteiger charge is 2.16. The summed E-state index contributed by atoms with van der Waals surface area (Å²) < 4.78 is 0. The molecule has 1 N–H and O–H groups in total. The second-order valence-electron chi connectivity index (χ2n) is 3.90. The van der Waals surface area contributed by atoms with Gasteiger partial charge in [-0.3, -0.25) is 4.90 Å². The predicted molar refractivity (Wildman–Crippen MR) is 52.5 cm³/mol. The highest BCUT2D eigenvalue weighted by Crippen LogP contribution is 2.01. The number of hydrogen-bond donors (Lipinski definition) is 1. The minimum absolute atomic E-state index is 0.696. The molecular formula is C9H21N3. The van der Waals surface area contributed by atoms with Crippen LogP contribution in [0.5, 0.6) is 0 Å². The van der Waals surface area contributed by atoms with E-state index in [1.54, 1.807) is 0 Å². The lowest BCUT2D eigenvalue weighted by molar-refractivity contribution is 0.156. The van der Waals surface area contributed by atoms with Gasteiger partial charge in [-0.25, -0.2) is 0 Å². The van der Waals surface area contributed by atoms with Crippen molar-refractivity contribution in [2.24, 2.45) is 0 Å². The van der Waals surface area contributed by atoms with E-state index in [1.165, 1.54) is 19.6 Å². The molecule has 1 fully saturated rings. The fraction of sp³-hybridized carbons (Fsp3) is 1.00. The van der Waals surface area contributed by atoms with Crippen LogP contribution in [0.1, 0.15) is 6.92 Å². The first-order valence-corrected chi connectivity index (χ1v) is 4.79. The van der Waals surface area contributed by atoms with Crippen molar-refractivity contribution in [2.75, 3.05) is 46.8 Å². The second kappa shape index (κ2) is 4.80. The zero-order valence-corrected chi connectivity index (χ0v) is 8.51. The Morgan fingerprint density at radius 3 is 2.42 bits per heavy atom. The van der Waals surface area contributed by atoms with E-state index in [4.69, 9.17) is 0 Å². The van der Waals surface area contributed by atoms with Gasteiger partial charge in [-0.1, -0.05) is 0 Å². The van der Waals surface area contributed by atoms with Crippen LogP contribution in [0.3, 0.4) is 0 Å². The maximum Gasteiger partial charge on any atom is 0.0195 e. The molecule has 0 aliphatic carbocycles. The standard InChI is InChI=1S/C9H21N3/c1-9(8-11(2)3)12-6-4-10-5-7-12/h9-10H,4-8H2,1-3H3/t9-/m0/s1. The average molecular weight is 171 g/mol. The topological polar surface area (TPSA) is 18.5 Å². The lowest BCUT2D eigenvalue weighted by atomic mass is 10.2. The van der Waals surface area contributed by atoms with E-state index in [2.05, 4.69) is 36.1 Å². The summed E-state index contributed by atoms with van der Waals surface area (Å²) in [5, 5.41) is 3.37. The summed E-state index contributed by atoms with van der Waals surface area (Å²) in [5.41, 5.74) is 0. The van der Waals surface area contributed by atoms with Gasteiger partial charge in [0, 0.05) is 38.8 Å². The summed E-state index contributed by atoms with van der Waals surface area (Å²) in [7, 11) is 4.28. The van der Waals surface area contributed by atoms with E-state index in [0.29, 0.717) is 6.04 Å². The Balaban J connectivity index is 2.24. The number of likely N-dealkylation sites (N-methyl/N-ethyl adjacent to an activating group) is 1. The SMILES string of the molecule is C[C@@H](CN(C)C)N1CCNCC1. The summed E-state index contributed by atoms with van der Waals surface area (Å²) >= 11 is 0. The van der Waals surface area contributed by atoms with E-state index >= 15 is 0 Å².